The first-order valence-corrected chi connectivity index (χ1v) is 5.20. The van der Waals surface area contributed by atoms with Crippen molar-refractivity contribution in [1.29, 1.82) is 0 Å². The maximum absolute atomic E-state index is 9.76. The monoisotopic (exact) mass is 209 g/mol. The van der Waals surface area contributed by atoms with Crippen LogP contribution in [-0.2, 0) is 0 Å². The average Bonchev–Trinajstić information content (AvgIpc) is 2.50. The lowest BCUT2D eigenvalue weighted by Gasteiger charge is -2.19. The standard InChI is InChI=1S/C14H11NO/c16-15-9-3-6-12-8-7-11-4-1-2-5-13(11)10-14(12)15/h1-10,16H. The number of rotatable bonds is 0. The number of benzene rings is 1. The van der Waals surface area contributed by atoms with Gasteiger partial charge in [-0.2, -0.15) is 0 Å². The van der Waals surface area contributed by atoms with Crippen LogP contribution in [0.15, 0.2) is 60.0 Å². The molecule has 3 rings (SSSR count). The Balaban J connectivity index is 2.21. The third kappa shape index (κ3) is 1.40. The van der Waals surface area contributed by atoms with Crippen molar-refractivity contribution in [2.24, 2.45) is 0 Å². The van der Waals surface area contributed by atoms with E-state index < -0.39 is 0 Å². The Kier molecular flexibility index (Phi) is 2.01. The predicted octanol–water partition coefficient (Wildman–Crippen LogP) is 3.20. The first-order chi connectivity index (χ1) is 7.84. The van der Waals surface area contributed by atoms with Crippen LogP contribution in [0.1, 0.15) is 11.1 Å². The van der Waals surface area contributed by atoms with E-state index in [4.69, 9.17) is 0 Å². The number of fused-ring (bicyclic) bond motifs is 2. The Hall–Kier alpha value is -2.06. The molecule has 0 spiro atoms. The molecular formula is C14H11NO. The second-order valence-electron chi connectivity index (χ2n) is 3.80. The normalized spacial score (nSPS) is 17.2. The molecule has 0 unspecified atom stereocenters. The molecule has 0 aromatic heterocycles. The van der Waals surface area contributed by atoms with Gasteiger partial charge in [-0.3, -0.25) is 5.21 Å². The summed E-state index contributed by atoms with van der Waals surface area (Å²) in [6.07, 6.45) is 11.5. The molecule has 1 aliphatic carbocycles. The zero-order valence-corrected chi connectivity index (χ0v) is 8.67. The average molecular weight is 209 g/mol. The van der Waals surface area contributed by atoms with Crippen LogP contribution < -0.4 is 0 Å². The van der Waals surface area contributed by atoms with E-state index in [1.54, 1.807) is 6.20 Å². The lowest BCUT2D eigenvalue weighted by molar-refractivity contribution is -0.000208. The summed E-state index contributed by atoms with van der Waals surface area (Å²) in [5, 5.41) is 10.9. The highest BCUT2D eigenvalue weighted by Crippen LogP contribution is 2.28. The van der Waals surface area contributed by atoms with Crippen molar-refractivity contribution in [2.75, 3.05) is 0 Å². The van der Waals surface area contributed by atoms with Crippen molar-refractivity contribution in [3.05, 3.63) is 71.1 Å². The van der Waals surface area contributed by atoms with E-state index >= 15 is 0 Å². The highest BCUT2D eigenvalue weighted by Gasteiger charge is 2.14. The first-order valence-electron chi connectivity index (χ1n) is 5.20. The van der Waals surface area contributed by atoms with Crippen molar-refractivity contribution in [3.63, 3.8) is 0 Å². The molecule has 78 valence electrons. The van der Waals surface area contributed by atoms with Crippen molar-refractivity contribution in [1.82, 2.24) is 5.06 Å². The zero-order valence-electron chi connectivity index (χ0n) is 8.67. The Morgan fingerprint density at radius 1 is 1.00 bits per heavy atom. The number of hydrogen-bond acceptors (Lipinski definition) is 2. The molecule has 2 aliphatic rings. The molecule has 2 heteroatoms. The minimum atomic E-state index is 0.809. The van der Waals surface area contributed by atoms with Gasteiger partial charge in [0.05, 0.1) is 5.70 Å². The molecule has 0 amide bonds. The second kappa shape index (κ2) is 3.51. The molecule has 1 aliphatic heterocycles. The van der Waals surface area contributed by atoms with Crippen molar-refractivity contribution in [3.8, 4) is 0 Å². The van der Waals surface area contributed by atoms with E-state index in [-0.39, 0.29) is 0 Å². The predicted molar refractivity (Wildman–Crippen MR) is 64.3 cm³/mol. The molecule has 0 fully saturated rings. The van der Waals surface area contributed by atoms with E-state index in [2.05, 4.69) is 12.1 Å². The van der Waals surface area contributed by atoms with E-state index in [1.807, 2.05) is 42.5 Å². The summed E-state index contributed by atoms with van der Waals surface area (Å²) in [4.78, 5) is 0. The van der Waals surface area contributed by atoms with Gasteiger partial charge in [-0.15, -0.1) is 0 Å². The van der Waals surface area contributed by atoms with Crippen molar-refractivity contribution in [2.45, 2.75) is 0 Å². The largest absolute Gasteiger partial charge is 0.284 e. The van der Waals surface area contributed by atoms with Gasteiger partial charge in [-0.1, -0.05) is 42.5 Å². The first kappa shape index (κ1) is 9.19. The minimum absolute atomic E-state index is 0.809. The molecular weight excluding hydrogens is 198 g/mol. The third-order valence-corrected chi connectivity index (χ3v) is 2.78. The molecule has 1 aromatic rings. The molecule has 0 bridgehead atoms. The van der Waals surface area contributed by atoms with Gasteiger partial charge in [0.25, 0.3) is 0 Å². The SMILES string of the molecule is ON1C=CC=C2C=Cc3ccccc3C=C21. The van der Waals surface area contributed by atoms with E-state index in [1.165, 1.54) is 5.56 Å². The van der Waals surface area contributed by atoms with E-state index in [0.29, 0.717) is 0 Å². The van der Waals surface area contributed by atoms with Gasteiger partial charge in [0.15, 0.2) is 0 Å². The number of nitrogens with zero attached hydrogens (tertiary/aromatic N) is 1. The van der Waals surface area contributed by atoms with Gasteiger partial charge in [0.2, 0.25) is 0 Å². The zero-order chi connectivity index (χ0) is 11.0. The van der Waals surface area contributed by atoms with E-state index in [0.717, 1.165) is 21.9 Å². The maximum Gasteiger partial charge on any atom is 0.0764 e. The summed E-state index contributed by atoms with van der Waals surface area (Å²) in [5.41, 5.74) is 4.11. The summed E-state index contributed by atoms with van der Waals surface area (Å²) in [6, 6.07) is 8.12. The molecule has 1 aromatic carbocycles. The molecule has 16 heavy (non-hydrogen) atoms. The lowest BCUT2D eigenvalue weighted by atomic mass is 10.1. The summed E-state index contributed by atoms with van der Waals surface area (Å²) < 4.78 is 0. The summed E-state index contributed by atoms with van der Waals surface area (Å²) in [7, 11) is 0. The fraction of sp³-hybridized carbons (Fsp3) is 0. The quantitative estimate of drug-likeness (QED) is 0.709. The number of hydroxylamine groups is 2. The highest BCUT2D eigenvalue weighted by molar-refractivity contribution is 5.75. The third-order valence-electron chi connectivity index (χ3n) is 2.78. The second-order valence-corrected chi connectivity index (χ2v) is 3.80. The summed E-state index contributed by atoms with van der Waals surface area (Å²) >= 11 is 0. The fourth-order valence-corrected chi connectivity index (χ4v) is 1.94. The Morgan fingerprint density at radius 2 is 1.81 bits per heavy atom. The van der Waals surface area contributed by atoms with Crippen LogP contribution in [0.2, 0.25) is 0 Å². The Bertz CT molecular complexity index is 550. The number of allylic oxidation sites excluding steroid dienone is 3. The Labute approximate surface area is 94.1 Å². The van der Waals surface area contributed by atoms with Gasteiger partial charge < -0.3 is 0 Å². The smallest absolute Gasteiger partial charge is 0.0764 e. The number of hydrogen-bond donors (Lipinski definition) is 1. The van der Waals surface area contributed by atoms with Gasteiger partial charge in [0.1, 0.15) is 0 Å². The van der Waals surface area contributed by atoms with Crippen LogP contribution in [0, 0.1) is 0 Å². The van der Waals surface area contributed by atoms with E-state index in [9.17, 15) is 5.21 Å². The topological polar surface area (TPSA) is 23.5 Å². The van der Waals surface area contributed by atoms with Crippen LogP contribution in [-0.4, -0.2) is 10.3 Å². The highest BCUT2D eigenvalue weighted by atomic mass is 16.5. The summed E-state index contributed by atoms with van der Waals surface area (Å²) in [6.45, 7) is 0. The molecule has 2 nitrogen and oxygen atoms in total. The fourth-order valence-electron chi connectivity index (χ4n) is 1.94. The molecule has 1 heterocycles. The molecule has 1 N–H and O–H groups in total. The molecule has 0 atom stereocenters. The van der Waals surface area contributed by atoms with Crippen LogP contribution in [0.25, 0.3) is 12.2 Å². The lowest BCUT2D eigenvalue weighted by Crippen LogP contribution is -2.14. The van der Waals surface area contributed by atoms with Gasteiger partial charge in [-0.05, 0) is 23.3 Å². The van der Waals surface area contributed by atoms with Gasteiger partial charge in [-0.25, -0.2) is 5.06 Å². The summed E-state index contributed by atoms with van der Waals surface area (Å²) in [5.74, 6) is 0. The van der Waals surface area contributed by atoms with Gasteiger partial charge >= 0.3 is 0 Å². The molecule has 0 saturated carbocycles. The van der Waals surface area contributed by atoms with Crippen molar-refractivity contribution >= 4 is 12.2 Å². The Morgan fingerprint density at radius 3 is 2.69 bits per heavy atom. The van der Waals surface area contributed by atoms with Crippen molar-refractivity contribution < 1.29 is 5.21 Å². The molecule has 0 saturated heterocycles. The molecule has 0 radical (unpaired) electrons. The minimum Gasteiger partial charge on any atom is -0.284 e. The van der Waals surface area contributed by atoms with Crippen LogP contribution in [0.3, 0.4) is 0 Å². The van der Waals surface area contributed by atoms with Crippen LogP contribution in [0.5, 0.6) is 0 Å². The van der Waals surface area contributed by atoms with Gasteiger partial charge in [0, 0.05) is 11.8 Å². The maximum atomic E-state index is 9.76. The van der Waals surface area contributed by atoms with Crippen LogP contribution >= 0.6 is 0 Å². The van der Waals surface area contributed by atoms with Crippen LogP contribution in [0.4, 0.5) is 0 Å².